The molecule has 1 saturated heterocycles. The first-order chi connectivity index (χ1) is 15.1. The molecule has 1 aliphatic heterocycles. The molecule has 0 aromatic carbocycles. The molecule has 1 aromatic rings. The fraction of sp³-hybridized carbons (Fsp3) is 0.810. The second-order valence-electron chi connectivity index (χ2n) is 9.37. The highest BCUT2D eigenvalue weighted by Crippen LogP contribution is 2.32. The zero-order valence-electron chi connectivity index (χ0n) is 19.6. The van der Waals surface area contributed by atoms with Gasteiger partial charge in [0.25, 0.3) is 0 Å². The topological polar surface area (TPSA) is 108 Å². The van der Waals surface area contributed by atoms with Gasteiger partial charge >= 0.3 is 6.18 Å². The lowest BCUT2D eigenvalue weighted by molar-refractivity contribution is -0.196. The lowest BCUT2D eigenvalue weighted by atomic mass is 9.84. The number of amides is 1. The van der Waals surface area contributed by atoms with E-state index >= 15 is 0 Å². The Kier molecular flexibility index (Phi) is 8.61. The Balaban J connectivity index is 2.03. The molecule has 2 heterocycles. The number of hydrogen-bond acceptors (Lipinski definition) is 7. The number of halogens is 3. The first kappa shape index (κ1) is 27.6. The van der Waals surface area contributed by atoms with E-state index in [1.54, 1.807) is 0 Å². The van der Waals surface area contributed by atoms with Gasteiger partial charge in [0, 0.05) is 24.5 Å². The van der Waals surface area contributed by atoms with Gasteiger partial charge in [-0.15, -0.1) is 0 Å². The highest BCUT2D eigenvalue weighted by molar-refractivity contribution is 7.93. The van der Waals surface area contributed by atoms with Gasteiger partial charge in [0.1, 0.15) is 4.75 Å². The molecule has 12 heteroatoms. The summed E-state index contributed by atoms with van der Waals surface area (Å²) in [6.07, 6.45) is -4.11. The van der Waals surface area contributed by atoms with Crippen molar-refractivity contribution in [3.63, 3.8) is 0 Å². The molecule has 0 saturated carbocycles. The molecular formula is C21H33F3N2O6S. The van der Waals surface area contributed by atoms with Crippen LogP contribution in [0.2, 0.25) is 0 Å². The summed E-state index contributed by atoms with van der Waals surface area (Å²) in [5.74, 6) is -1.75. The Morgan fingerprint density at radius 2 is 1.94 bits per heavy atom. The van der Waals surface area contributed by atoms with Crippen molar-refractivity contribution in [3.05, 3.63) is 11.8 Å². The Morgan fingerprint density at radius 1 is 1.27 bits per heavy atom. The van der Waals surface area contributed by atoms with Gasteiger partial charge < -0.3 is 14.0 Å². The number of carbonyl (C=O) groups excluding carboxylic acids is 1. The number of nitrogens with one attached hydrogen (secondary N) is 1. The molecule has 2 atom stereocenters. The summed E-state index contributed by atoms with van der Waals surface area (Å²) in [6, 6.07) is 1.48. The standard InChI is InChI=1S/C21H33F3N2O6S/c1-14(31-17-9-6-7-11-30-17)19(2,3)15-13-16(32-26-15)25-18(27)20(4,5)33(28,29)12-8-10-21(22,23)24/h13-14,17H,6-12H2,1-5H3,(H,25,27)/t14-,17?/m1/s1. The van der Waals surface area contributed by atoms with Gasteiger partial charge in [0.15, 0.2) is 16.1 Å². The summed E-state index contributed by atoms with van der Waals surface area (Å²) in [5.41, 5.74) is -0.140. The van der Waals surface area contributed by atoms with E-state index < -0.39 is 50.7 Å². The monoisotopic (exact) mass is 498 g/mol. The number of rotatable bonds is 10. The van der Waals surface area contributed by atoms with E-state index in [1.165, 1.54) is 6.07 Å². The Bertz CT molecular complexity index is 905. The predicted octanol–water partition coefficient (Wildman–Crippen LogP) is 4.36. The van der Waals surface area contributed by atoms with Crippen molar-refractivity contribution in [2.75, 3.05) is 17.7 Å². The van der Waals surface area contributed by atoms with Crippen LogP contribution in [0.15, 0.2) is 10.6 Å². The molecule has 1 aromatic heterocycles. The molecule has 190 valence electrons. The van der Waals surface area contributed by atoms with E-state index in [2.05, 4.69) is 10.5 Å². The molecule has 8 nitrogen and oxygen atoms in total. The van der Waals surface area contributed by atoms with Crippen LogP contribution in [0.25, 0.3) is 0 Å². The molecule has 1 amide bonds. The highest BCUT2D eigenvalue weighted by atomic mass is 32.2. The minimum Gasteiger partial charge on any atom is -0.353 e. The number of carbonyl (C=O) groups is 1. The Morgan fingerprint density at radius 3 is 2.52 bits per heavy atom. The number of alkyl halides is 3. The lowest BCUT2D eigenvalue weighted by Crippen LogP contribution is -2.45. The first-order valence-electron chi connectivity index (χ1n) is 10.9. The summed E-state index contributed by atoms with van der Waals surface area (Å²) in [4.78, 5) is 12.7. The van der Waals surface area contributed by atoms with Gasteiger partial charge in [0.2, 0.25) is 11.8 Å². The van der Waals surface area contributed by atoms with Crippen molar-refractivity contribution < 1.29 is 40.4 Å². The average molecular weight is 499 g/mol. The van der Waals surface area contributed by atoms with E-state index in [9.17, 15) is 26.4 Å². The Labute approximate surface area is 192 Å². The second-order valence-corrected chi connectivity index (χ2v) is 12.0. The molecule has 1 fully saturated rings. The van der Waals surface area contributed by atoms with E-state index in [-0.39, 0.29) is 18.3 Å². The normalized spacial score (nSPS) is 19.3. The predicted molar refractivity (Wildman–Crippen MR) is 115 cm³/mol. The fourth-order valence-electron chi connectivity index (χ4n) is 3.18. The zero-order chi connectivity index (χ0) is 25.1. The summed E-state index contributed by atoms with van der Waals surface area (Å²) >= 11 is 0. The molecule has 0 radical (unpaired) electrons. The largest absolute Gasteiger partial charge is 0.389 e. The van der Waals surface area contributed by atoms with Gasteiger partial charge in [0.05, 0.1) is 17.6 Å². The van der Waals surface area contributed by atoms with E-state index in [1.807, 2.05) is 20.8 Å². The van der Waals surface area contributed by atoms with E-state index in [0.29, 0.717) is 12.3 Å². The lowest BCUT2D eigenvalue weighted by Gasteiger charge is -2.34. The average Bonchev–Trinajstić information content (AvgIpc) is 3.16. The van der Waals surface area contributed by atoms with Crippen LogP contribution in [0.4, 0.5) is 19.1 Å². The van der Waals surface area contributed by atoms with E-state index in [4.69, 9.17) is 14.0 Å². The number of ether oxygens (including phenoxy) is 2. The van der Waals surface area contributed by atoms with Crippen molar-refractivity contribution in [3.8, 4) is 0 Å². The summed E-state index contributed by atoms with van der Waals surface area (Å²) < 4.78 is 76.9. The SMILES string of the molecule is C[C@@H](OC1CCCCO1)C(C)(C)c1cc(NC(=O)C(C)(C)S(=O)(=O)CCCC(F)(F)F)on1. The third-order valence-electron chi connectivity index (χ3n) is 6.11. The van der Waals surface area contributed by atoms with Crippen LogP contribution in [0.1, 0.15) is 72.4 Å². The van der Waals surface area contributed by atoms with Gasteiger partial charge in [-0.2, -0.15) is 13.2 Å². The van der Waals surface area contributed by atoms with Crippen molar-refractivity contribution >= 4 is 21.6 Å². The molecule has 0 aliphatic carbocycles. The van der Waals surface area contributed by atoms with Gasteiger partial charge in [-0.25, -0.2) is 8.42 Å². The van der Waals surface area contributed by atoms with Crippen LogP contribution in [-0.4, -0.2) is 55.2 Å². The smallest absolute Gasteiger partial charge is 0.353 e. The molecule has 1 unspecified atom stereocenters. The van der Waals surface area contributed by atoms with Crippen LogP contribution in [0.3, 0.4) is 0 Å². The zero-order valence-corrected chi connectivity index (χ0v) is 20.4. The summed E-state index contributed by atoms with van der Waals surface area (Å²) in [7, 11) is -4.16. The van der Waals surface area contributed by atoms with Crippen molar-refractivity contribution in [1.82, 2.24) is 5.16 Å². The minimum atomic E-state index is -4.46. The van der Waals surface area contributed by atoms with Crippen LogP contribution < -0.4 is 5.32 Å². The third-order valence-corrected chi connectivity index (χ3v) is 8.68. The molecule has 33 heavy (non-hydrogen) atoms. The van der Waals surface area contributed by atoms with Crippen molar-refractivity contribution in [2.45, 2.75) is 95.5 Å². The number of aromatic nitrogens is 1. The van der Waals surface area contributed by atoms with Crippen LogP contribution in [-0.2, 0) is 29.5 Å². The molecular weight excluding hydrogens is 465 g/mol. The first-order valence-corrected chi connectivity index (χ1v) is 12.6. The van der Waals surface area contributed by atoms with Gasteiger partial charge in [-0.05, 0) is 46.5 Å². The molecule has 2 rings (SSSR count). The second kappa shape index (κ2) is 10.3. The number of nitrogens with zero attached hydrogens (tertiary/aromatic N) is 1. The highest BCUT2D eigenvalue weighted by Gasteiger charge is 2.43. The quantitative estimate of drug-likeness (QED) is 0.511. The van der Waals surface area contributed by atoms with E-state index in [0.717, 1.165) is 33.1 Å². The molecule has 0 bridgehead atoms. The Hall–Kier alpha value is -1.66. The summed E-state index contributed by atoms with van der Waals surface area (Å²) in [5, 5.41) is 6.36. The third kappa shape index (κ3) is 7.16. The number of sulfone groups is 1. The number of anilines is 1. The molecule has 1 aliphatic rings. The van der Waals surface area contributed by atoms with Crippen molar-refractivity contribution in [2.24, 2.45) is 0 Å². The summed E-state index contributed by atoms with van der Waals surface area (Å²) in [6.45, 7) is 8.59. The molecule has 1 N–H and O–H groups in total. The maximum Gasteiger partial charge on any atom is 0.389 e. The molecule has 0 spiro atoms. The minimum absolute atomic E-state index is 0.0669. The fourth-order valence-corrected chi connectivity index (χ4v) is 4.55. The van der Waals surface area contributed by atoms with Gasteiger partial charge in [-0.3, -0.25) is 10.1 Å². The number of hydrogen-bond donors (Lipinski definition) is 1. The maximum absolute atomic E-state index is 12.7. The van der Waals surface area contributed by atoms with Gasteiger partial charge in [-0.1, -0.05) is 19.0 Å². The van der Waals surface area contributed by atoms with Crippen molar-refractivity contribution in [1.29, 1.82) is 0 Å². The van der Waals surface area contributed by atoms with Crippen LogP contribution in [0, 0.1) is 0 Å². The van der Waals surface area contributed by atoms with Crippen LogP contribution >= 0.6 is 0 Å². The maximum atomic E-state index is 12.7. The van der Waals surface area contributed by atoms with Crippen LogP contribution in [0.5, 0.6) is 0 Å².